The Balaban J connectivity index is 1.27. The summed E-state index contributed by atoms with van der Waals surface area (Å²) in [5.74, 6) is 0. The quantitative estimate of drug-likeness (QED) is 0.478. The third-order valence-electron chi connectivity index (χ3n) is 7.02. The van der Waals surface area contributed by atoms with Crippen molar-refractivity contribution in [1.29, 1.82) is 0 Å². The standard InChI is InChI=1S/C24H30N4O4S3/c1-26(19-7-3-2-4-8-19)34(29,30)20-11-13-21(14-12-20)35(31,32)28-17-15-27(16-18-28)24-25-22-9-5-6-10-23(22)33-24/h5-6,9-14,19H,2-4,7-8,15-18H2,1H3. The molecule has 2 heterocycles. The van der Waals surface area contributed by atoms with Crippen molar-refractivity contribution in [1.82, 2.24) is 13.6 Å². The van der Waals surface area contributed by atoms with Crippen molar-refractivity contribution < 1.29 is 16.8 Å². The minimum absolute atomic E-state index is 0.00359. The molecule has 1 aliphatic carbocycles. The molecule has 3 aromatic rings. The molecule has 0 atom stereocenters. The number of benzene rings is 2. The molecule has 1 aliphatic heterocycles. The second kappa shape index (κ2) is 9.78. The van der Waals surface area contributed by atoms with Gasteiger partial charge >= 0.3 is 0 Å². The maximum Gasteiger partial charge on any atom is 0.243 e. The van der Waals surface area contributed by atoms with Crippen molar-refractivity contribution in [3.05, 3.63) is 48.5 Å². The number of fused-ring (bicyclic) bond motifs is 1. The number of aromatic nitrogens is 1. The van der Waals surface area contributed by atoms with Gasteiger partial charge in [0.05, 0.1) is 20.0 Å². The van der Waals surface area contributed by atoms with Crippen LogP contribution in [-0.4, -0.2) is 69.7 Å². The molecule has 0 amide bonds. The van der Waals surface area contributed by atoms with Crippen LogP contribution in [0.2, 0.25) is 0 Å². The van der Waals surface area contributed by atoms with Gasteiger partial charge in [-0.3, -0.25) is 0 Å². The Labute approximate surface area is 211 Å². The molecule has 0 unspecified atom stereocenters. The molecule has 0 N–H and O–H groups in total. The summed E-state index contributed by atoms with van der Waals surface area (Å²) in [6.45, 7) is 1.81. The van der Waals surface area contributed by atoms with Crippen molar-refractivity contribution >= 4 is 46.7 Å². The van der Waals surface area contributed by atoms with Crippen LogP contribution in [0.15, 0.2) is 58.3 Å². The largest absolute Gasteiger partial charge is 0.345 e. The van der Waals surface area contributed by atoms with Gasteiger partial charge in [-0.2, -0.15) is 8.61 Å². The first-order valence-corrected chi connectivity index (χ1v) is 15.7. The summed E-state index contributed by atoms with van der Waals surface area (Å²) in [5.41, 5.74) is 0.951. The van der Waals surface area contributed by atoms with E-state index in [9.17, 15) is 16.8 Å². The normalized spacial score (nSPS) is 19.0. The monoisotopic (exact) mass is 534 g/mol. The number of hydrogen-bond donors (Lipinski definition) is 0. The Kier molecular flexibility index (Phi) is 6.88. The SMILES string of the molecule is CN(C1CCCCC1)S(=O)(=O)c1ccc(S(=O)(=O)N2CCN(c3nc4ccccc4s3)CC2)cc1. The molecule has 1 saturated carbocycles. The van der Waals surface area contributed by atoms with Crippen LogP contribution in [0.25, 0.3) is 10.2 Å². The highest BCUT2D eigenvalue weighted by Crippen LogP contribution is 2.31. The van der Waals surface area contributed by atoms with Crippen molar-refractivity contribution in [2.75, 3.05) is 38.1 Å². The molecule has 0 bridgehead atoms. The van der Waals surface area contributed by atoms with Gasteiger partial charge in [0.2, 0.25) is 20.0 Å². The second-order valence-corrected chi connectivity index (χ2v) is 14.1. The lowest BCUT2D eigenvalue weighted by Gasteiger charge is -2.33. The molecule has 2 aromatic carbocycles. The van der Waals surface area contributed by atoms with E-state index in [1.165, 1.54) is 32.9 Å². The lowest BCUT2D eigenvalue weighted by Crippen LogP contribution is -2.48. The Hall–Kier alpha value is -2.05. The van der Waals surface area contributed by atoms with Gasteiger partial charge < -0.3 is 4.90 Å². The van der Waals surface area contributed by atoms with Gasteiger partial charge in [-0.25, -0.2) is 21.8 Å². The number of anilines is 1. The first-order chi connectivity index (χ1) is 16.8. The highest BCUT2D eigenvalue weighted by Gasteiger charge is 2.32. The molecule has 1 saturated heterocycles. The van der Waals surface area contributed by atoms with Crippen molar-refractivity contribution in [3.8, 4) is 0 Å². The number of nitrogens with zero attached hydrogens (tertiary/aromatic N) is 4. The van der Waals surface area contributed by atoms with Crippen LogP contribution in [0.5, 0.6) is 0 Å². The lowest BCUT2D eigenvalue weighted by molar-refractivity contribution is 0.286. The zero-order valence-electron chi connectivity index (χ0n) is 19.7. The molecular weight excluding hydrogens is 504 g/mol. The fourth-order valence-electron chi connectivity index (χ4n) is 4.85. The van der Waals surface area contributed by atoms with Gasteiger partial charge in [0.25, 0.3) is 0 Å². The predicted octanol–water partition coefficient (Wildman–Crippen LogP) is 3.76. The Morgan fingerprint density at radius 1 is 0.857 bits per heavy atom. The number of sulfonamides is 2. The van der Waals surface area contributed by atoms with E-state index in [2.05, 4.69) is 9.88 Å². The number of rotatable bonds is 6. The second-order valence-electron chi connectivity index (χ2n) is 9.14. The number of para-hydroxylation sites is 1. The molecule has 5 rings (SSSR count). The van der Waals surface area contributed by atoms with E-state index in [1.54, 1.807) is 18.4 Å². The molecular formula is C24H30N4O4S3. The summed E-state index contributed by atoms with van der Waals surface area (Å²) in [6.07, 6.45) is 4.95. The first-order valence-electron chi connectivity index (χ1n) is 12.0. The first kappa shape index (κ1) is 24.6. The Bertz CT molecular complexity index is 1360. The van der Waals surface area contributed by atoms with Crippen molar-refractivity contribution in [3.63, 3.8) is 0 Å². The highest BCUT2D eigenvalue weighted by molar-refractivity contribution is 7.89. The average Bonchev–Trinajstić information content (AvgIpc) is 3.33. The van der Waals surface area contributed by atoms with Gasteiger partial charge in [0.1, 0.15) is 0 Å². The predicted molar refractivity (Wildman–Crippen MR) is 139 cm³/mol. The van der Waals surface area contributed by atoms with Crippen LogP contribution >= 0.6 is 11.3 Å². The molecule has 188 valence electrons. The summed E-state index contributed by atoms with van der Waals surface area (Å²) in [7, 11) is -5.75. The average molecular weight is 535 g/mol. The topological polar surface area (TPSA) is 90.9 Å². The summed E-state index contributed by atoms with van der Waals surface area (Å²) < 4.78 is 56.7. The third kappa shape index (κ3) is 4.84. The van der Waals surface area contributed by atoms with E-state index in [-0.39, 0.29) is 15.8 Å². The van der Waals surface area contributed by atoms with Crippen LogP contribution in [-0.2, 0) is 20.0 Å². The minimum Gasteiger partial charge on any atom is -0.345 e. The van der Waals surface area contributed by atoms with E-state index in [4.69, 9.17) is 0 Å². The van der Waals surface area contributed by atoms with Crippen LogP contribution in [0.4, 0.5) is 5.13 Å². The maximum atomic E-state index is 13.2. The third-order valence-corrected chi connectivity index (χ3v) is 12.0. The number of thiazole rings is 1. The van der Waals surface area contributed by atoms with Crippen LogP contribution in [0.1, 0.15) is 32.1 Å². The van der Waals surface area contributed by atoms with Crippen molar-refractivity contribution in [2.24, 2.45) is 0 Å². The van der Waals surface area contributed by atoms with E-state index in [1.807, 2.05) is 24.3 Å². The molecule has 11 heteroatoms. The summed E-state index contributed by atoms with van der Waals surface area (Å²) in [4.78, 5) is 7.04. The van der Waals surface area contributed by atoms with Gasteiger partial charge in [0, 0.05) is 39.3 Å². The van der Waals surface area contributed by atoms with Gasteiger partial charge in [0.15, 0.2) is 5.13 Å². The van der Waals surface area contributed by atoms with Crippen LogP contribution < -0.4 is 4.90 Å². The molecule has 0 spiro atoms. The molecule has 0 radical (unpaired) electrons. The Morgan fingerprint density at radius 2 is 1.49 bits per heavy atom. The van der Waals surface area contributed by atoms with E-state index >= 15 is 0 Å². The zero-order valence-corrected chi connectivity index (χ0v) is 22.2. The van der Waals surface area contributed by atoms with Crippen LogP contribution in [0, 0.1) is 0 Å². The van der Waals surface area contributed by atoms with E-state index < -0.39 is 20.0 Å². The fraction of sp³-hybridized carbons (Fsp3) is 0.458. The summed E-state index contributed by atoms with van der Waals surface area (Å²) in [5, 5.41) is 0.903. The van der Waals surface area contributed by atoms with Crippen LogP contribution in [0.3, 0.4) is 0 Å². The number of hydrogen-bond acceptors (Lipinski definition) is 7. The summed E-state index contributed by atoms with van der Waals surface area (Å²) >= 11 is 1.61. The van der Waals surface area contributed by atoms with Gasteiger partial charge in [-0.15, -0.1) is 0 Å². The molecule has 2 aliphatic rings. The summed E-state index contributed by atoms with van der Waals surface area (Å²) in [6, 6.07) is 13.6. The smallest absolute Gasteiger partial charge is 0.243 e. The van der Waals surface area contributed by atoms with Crippen molar-refractivity contribution in [2.45, 2.75) is 47.9 Å². The Morgan fingerprint density at radius 3 is 2.14 bits per heavy atom. The van der Waals surface area contributed by atoms with Gasteiger partial charge in [-0.1, -0.05) is 42.7 Å². The lowest BCUT2D eigenvalue weighted by atomic mass is 9.96. The maximum absolute atomic E-state index is 13.2. The number of piperazine rings is 1. The molecule has 2 fully saturated rings. The minimum atomic E-state index is -3.71. The molecule has 8 nitrogen and oxygen atoms in total. The van der Waals surface area contributed by atoms with Gasteiger partial charge in [-0.05, 0) is 49.2 Å². The highest BCUT2D eigenvalue weighted by atomic mass is 32.2. The molecule has 35 heavy (non-hydrogen) atoms. The fourth-order valence-corrected chi connectivity index (χ4v) is 8.71. The van der Waals surface area contributed by atoms with E-state index in [0.29, 0.717) is 26.2 Å². The zero-order chi connectivity index (χ0) is 24.6. The van der Waals surface area contributed by atoms with E-state index in [0.717, 1.165) is 47.5 Å². The molecule has 1 aromatic heterocycles.